The Labute approximate surface area is 70.6 Å². The van der Waals surface area contributed by atoms with E-state index < -0.39 is 0 Å². The van der Waals surface area contributed by atoms with Crippen molar-refractivity contribution < 1.29 is 0 Å². The second kappa shape index (κ2) is 3.52. The Balaban J connectivity index is 4.53. The van der Waals surface area contributed by atoms with Gasteiger partial charge in [-0.2, -0.15) is 0 Å². The Morgan fingerprint density at radius 3 is 0.818 bits per heavy atom. The lowest BCUT2D eigenvalue weighted by atomic mass is 10.3. The molecule has 0 unspecified atom stereocenters. The van der Waals surface area contributed by atoms with Gasteiger partial charge < -0.3 is 0 Å². The molecular weight excluding hydrogens is 138 g/mol. The first kappa shape index (κ1) is 10.9. The van der Waals surface area contributed by atoms with Crippen molar-refractivity contribution in [3.8, 4) is 0 Å². The molecule has 0 aromatic heterocycles. The van der Waals surface area contributed by atoms with Gasteiger partial charge in [-0.1, -0.05) is 0 Å². The van der Waals surface area contributed by atoms with Gasteiger partial charge in [0.1, 0.15) is 5.79 Å². The van der Waals surface area contributed by atoms with Crippen molar-refractivity contribution in [1.29, 1.82) is 0 Å². The Hall–Kier alpha value is -0.120. The fourth-order valence-corrected chi connectivity index (χ4v) is 1.20. The summed E-state index contributed by atoms with van der Waals surface area (Å²) in [5.41, 5.74) is 0. The smallest absolute Gasteiger partial charge is 0.126 e. The van der Waals surface area contributed by atoms with Gasteiger partial charge in [-0.05, 0) is 49.2 Å². The predicted molar refractivity (Wildman–Crippen MR) is 49.5 cm³/mol. The van der Waals surface area contributed by atoms with Crippen LogP contribution in [-0.4, -0.2) is 62.8 Å². The van der Waals surface area contributed by atoms with Crippen LogP contribution in [0.1, 0.15) is 6.92 Å². The molecule has 0 aliphatic rings. The molecule has 0 aliphatic heterocycles. The molecule has 0 saturated heterocycles. The summed E-state index contributed by atoms with van der Waals surface area (Å²) < 4.78 is 0. The molecule has 0 atom stereocenters. The summed E-state index contributed by atoms with van der Waals surface area (Å²) in [6.07, 6.45) is 0. The average molecular weight is 159 g/mol. The maximum atomic E-state index is 2.19. The summed E-state index contributed by atoms with van der Waals surface area (Å²) in [4.78, 5) is 6.56. The fraction of sp³-hybridized carbons (Fsp3) is 1.00. The van der Waals surface area contributed by atoms with Gasteiger partial charge in [-0.15, -0.1) is 0 Å². The van der Waals surface area contributed by atoms with Crippen LogP contribution in [0.15, 0.2) is 0 Å². The third-order valence-electron chi connectivity index (χ3n) is 2.54. The SMILES string of the molecule is CN(C)C(C)(N(C)C)N(C)C. The Morgan fingerprint density at radius 1 is 0.636 bits per heavy atom. The maximum Gasteiger partial charge on any atom is 0.126 e. The standard InChI is InChI=1S/C8H21N3/c1-8(9(2)3,10(4)5)11(6)7/h1-7H3. The van der Waals surface area contributed by atoms with E-state index in [1.54, 1.807) is 0 Å². The Morgan fingerprint density at radius 2 is 0.818 bits per heavy atom. The Bertz CT molecular complexity index is 96.7. The van der Waals surface area contributed by atoms with E-state index >= 15 is 0 Å². The van der Waals surface area contributed by atoms with Crippen LogP contribution >= 0.6 is 0 Å². The third-order valence-corrected chi connectivity index (χ3v) is 2.54. The van der Waals surface area contributed by atoms with Crippen LogP contribution in [0.2, 0.25) is 0 Å². The van der Waals surface area contributed by atoms with Gasteiger partial charge in [0.05, 0.1) is 0 Å². The number of rotatable bonds is 3. The second-order valence-electron chi connectivity index (χ2n) is 3.65. The highest BCUT2D eigenvalue weighted by Crippen LogP contribution is 2.15. The quantitative estimate of drug-likeness (QED) is 0.550. The van der Waals surface area contributed by atoms with Crippen molar-refractivity contribution in [2.45, 2.75) is 12.7 Å². The van der Waals surface area contributed by atoms with E-state index in [1.165, 1.54) is 0 Å². The molecule has 0 aliphatic carbocycles. The molecule has 0 heterocycles. The van der Waals surface area contributed by atoms with Crippen molar-refractivity contribution >= 4 is 0 Å². The zero-order valence-electron chi connectivity index (χ0n) is 8.84. The molecule has 11 heavy (non-hydrogen) atoms. The van der Waals surface area contributed by atoms with E-state index in [1.807, 2.05) is 0 Å². The van der Waals surface area contributed by atoms with Crippen LogP contribution in [0.3, 0.4) is 0 Å². The zero-order valence-corrected chi connectivity index (χ0v) is 8.84. The van der Waals surface area contributed by atoms with Gasteiger partial charge in [0.2, 0.25) is 0 Å². The van der Waals surface area contributed by atoms with Gasteiger partial charge in [0.25, 0.3) is 0 Å². The first-order valence-corrected chi connectivity index (χ1v) is 3.85. The van der Waals surface area contributed by atoms with Gasteiger partial charge >= 0.3 is 0 Å². The molecule has 0 amide bonds. The molecule has 0 N–H and O–H groups in total. The minimum absolute atomic E-state index is 0. The van der Waals surface area contributed by atoms with Crippen LogP contribution in [0, 0.1) is 0 Å². The van der Waals surface area contributed by atoms with Crippen LogP contribution in [0.25, 0.3) is 0 Å². The topological polar surface area (TPSA) is 9.72 Å². The minimum Gasteiger partial charge on any atom is -0.279 e. The second-order valence-corrected chi connectivity index (χ2v) is 3.65. The lowest BCUT2D eigenvalue weighted by Crippen LogP contribution is -2.61. The molecular formula is C8H21N3. The maximum absolute atomic E-state index is 2.19. The first-order valence-electron chi connectivity index (χ1n) is 3.85. The van der Waals surface area contributed by atoms with Crippen LogP contribution in [-0.2, 0) is 0 Å². The monoisotopic (exact) mass is 159 g/mol. The minimum atomic E-state index is 0. The van der Waals surface area contributed by atoms with E-state index in [0.717, 1.165) is 0 Å². The molecule has 0 rings (SSSR count). The molecule has 68 valence electrons. The third kappa shape index (κ3) is 1.92. The summed E-state index contributed by atoms with van der Waals surface area (Å²) in [5, 5.41) is 0. The van der Waals surface area contributed by atoms with Crippen molar-refractivity contribution in [3.05, 3.63) is 0 Å². The molecule has 0 spiro atoms. The molecule has 3 nitrogen and oxygen atoms in total. The van der Waals surface area contributed by atoms with Crippen LogP contribution in [0.5, 0.6) is 0 Å². The highest BCUT2D eigenvalue weighted by atomic mass is 15.5. The number of nitrogens with zero attached hydrogens (tertiary/aromatic N) is 3. The largest absolute Gasteiger partial charge is 0.279 e. The molecule has 0 aromatic rings. The van der Waals surface area contributed by atoms with Gasteiger partial charge in [-0.25, -0.2) is 0 Å². The number of hydrogen-bond donors (Lipinski definition) is 0. The highest BCUT2D eigenvalue weighted by molar-refractivity contribution is 4.75. The van der Waals surface area contributed by atoms with Crippen molar-refractivity contribution in [2.75, 3.05) is 42.3 Å². The van der Waals surface area contributed by atoms with E-state index in [0.29, 0.717) is 0 Å². The van der Waals surface area contributed by atoms with E-state index in [2.05, 4.69) is 63.9 Å². The summed E-state index contributed by atoms with van der Waals surface area (Å²) in [6.45, 7) is 2.19. The normalized spacial score (nSPS) is 13.6. The van der Waals surface area contributed by atoms with Crippen molar-refractivity contribution in [1.82, 2.24) is 14.7 Å². The van der Waals surface area contributed by atoms with Gasteiger partial charge in [-0.3, -0.25) is 14.7 Å². The summed E-state index contributed by atoms with van der Waals surface area (Å²) in [6, 6.07) is 0. The van der Waals surface area contributed by atoms with E-state index in [9.17, 15) is 0 Å². The Kier molecular flexibility index (Phi) is 3.48. The van der Waals surface area contributed by atoms with Gasteiger partial charge in [0.15, 0.2) is 0 Å². The first-order chi connectivity index (χ1) is 4.83. The summed E-state index contributed by atoms with van der Waals surface area (Å²) in [5.74, 6) is 0. The lowest BCUT2D eigenvalue weighted by molar-refractivity contribution is -0.0921. The summed E-state index contributed by atoms with van der Waals surface area (Å²) in [7, 11) is 12.5. The average Bonchev–Trinajstić information content (AvgIpc) is 1.84. The molecule has 0 bridgehead atoms. The van der Waals surface area contributed by atoms with Crippen LogP contribution < -0.4 is 0 Å². The number of hydrogen-bond acceptors (Lipinski definition) is 3. The predicted octanol–water partition coefficient (Wildman–Crippen LogP) is 0.345. The lowest BCUT2D eigenvalue weighted by Gasteiger charge is -2.47. The highest BCUT2D eigenvalue weighted by Gasteiger charge is 2.31. The molecule has 0 fully saturated rings. The van der Waals surface area contributed by atoms with Crippen molar-refractivity contribution in [2.24, 2.45) is 0 Å². The fourth-order valence-electron chi connectivity index (χ4n) is 1.20. The molecule has 0 radical (unpaired) electrons. The van der Waals surface area contributed by atoms with Crippen LogP contribution in [0.4, 0.5) is 0 Å². The van der Waals surface area contributed by atoms with E-state index in [4.69, 9.17) is 0 Å². The zero-order chi connectivity index (χ0) is 9.23. The van der Waals surface area contributed by atoms with Gasteiger partial charge in [0, 0.05) is 0 Å². The molecule has 3 heteroatoms. The van der Waals surface area contributed by atoms with Crippen molar-refractivity contribution in [3.63, 3.8) is 0 Å². The molecule has 0 aromatic carbocycles. The molecule has 0 saturated carbocycles. The van der Waals surface area contributed by atoms with E-state index in [-0.39, 0.29) is 5.79 Å². The summed E-state index contributed by atoms with van der Waals surface area (Å²) >= 11 is 0.